The molecule has 4 atom stereocenters. The molecule has 0 bridgehead atoms. The molecule has 1 saturated carbocycles. The Morgan fingerprint density at radius 2 is 2.00 bits per heavy atom. The number of fused-ring (bicyclic) bond motifs is 1. The minimum absolute atomic E-state index is 0.230. The molecule has 2 aliphatic rings. The molecule has 2 fully saturated rings. The molecule has 1 aromatic rings. The Hall–Kier alpha value is -1.43. The predicted molar refractivity (Wildman–Crippen MR) is 107 cm³/mol. The molecule has 1 aliphatic carbocycles. The molecule has 1 aromatic carbocycles. The van der Waals surface area contributed by atoms with Crippen LogP contribution in [0.5, 0.6) is 0 Å². The fourth-order valence-electron chi connectivity index (χ4n) is 5.20. The van der Waals surface area contributed by atoms with Gasteiger partial charge in [-0.2, -0.15) is 0 Å². The highest BCUT2D eigenvalue weighted by molar-refractivity contribution is 5.66. The van der Waals surface area contributed by atoms with Crippen molar-refractivity contribution in [2.75, 3.05) is 13.7 Å². The first kappa shape index (κ1) is 21.3. The van der Waals surface area contributed by atoms with Gasteiger partial charge in [-0.3, -0.25) is 4.79 Å². The molecule has 3 rings (SSSR count). The van der Waals surface area contributed by atoms with Gasteiger partial charge >= 0.3 is 5.97 Å². The van der Waals surface area contributed by atoms with Crippen LogP contribution in [0, 0.1) is 11.8 Å². The van der Waals surface area contributed by atoms with Gasteiger partial charge in [0, 0.05) is 20.6 Å². The van der Waals surface area contributed by atoms with Crippen molar-refractivity contribution in [1.29, 1.82) is 0 Å². The number of esters is 1. The Balaban J connectivity index is 1.72. The number of hydrogen-bond donors (Lipinski definition) is 0. The first-order chi connectivity index (χ1) is 13.4. The van der Waals surface area contributed by atoms with Gasteiger partial charge in [-0.25, -0.2) is 0 Å². The predicted octanol–water partition coefficient (Wildman–Crippen LogP) is 4.48. The van der Waals surface area contributed by atoms with Crippen LogP contribution in [0.25, 0.3) is 0 Å². The highest BCUT2D eigenvalue weighted by Gasteiger charge is 2.62. The number of carbonyl (C=O) groups is 1. The van der Waals surface area contributed by atoms with Gasteiger partial charge in [0.2, 0.25) is 6.29 Å². The molecule has 1 heterocycles. The maximum Gasteiger partial charge on any atom is 0.305 e. The van der Waals surface area contributed by atoms with Crippen molar-refractivity contribution in [3.8, 4) is 0 Å². The fraction of sp³-hybridized carbons (Fsp3) is 0.696. The summed E-state index contributed by atoms with van der Waals surface area (Å²) >= 11 is 0. The Morgan fingerprint density at radius 1 is 1.25 bits per heavy atom. The second-order valence-corrected chi connectivity index (χ2v) is 8.75. The minimum atomic E-state index is -0.684. The van der Waals surface area contributed by atoms with Crippen LogP contribution in [0.1, 0.15) is 58.4 Å². The van der Waals surface area contributed by atoms with E-state index in [4.69, 9.17) is 18.9 Å². The number of methoxy groups -OCH3 is 1. The van der Waals surface area contributed by atoms with Crippen LogP contribution < -0.4 is 0 Å². The smallest absolute Gasteiger partial charge is 0.305 e. The van der Waals surface area contributed by atoms with E-state index in [1.165, 1.54) is 12.5 Å². The second-order valence-electron chi connectivity index (χ2n) is 8.75. The van der Waals surface area contributed by atoms with E-state index >= 15 is 0 Å². The van der Waals surface area contributed by atoms with E-state index < -0.39 is 11.9 Å². The van der Waals surface area contributed by atoms with Crippen molar-refractivity contribution < 1.29 is 23.7 Å². The highest BCUT2D eigenvalue weighted by Crippen LogP contribution is 2.56. The molecule has 0 aromatic heterocycles. The van der Waals surface area contributed by atoms with Crippen molar-refractivity contribution in [3.05, 3.63) is 35.9 Å². The van der Waals surface area contributed by atoms with E-state index in [1.807, 2.05) is 18.2 Å². The van der Waals surface area contributed by atoms with Crippen molar-refractivity contribution >= 4 is 5.97 Å². The number of hydrogen-bond acceptors (Lipinski definition) is 5. The molecule has 1 aliphatic heterocycles. The van der Waals surface area contributed by atoms with Crippen LogP contribution in [0.4, 0.5) is 0 Å². The van der Waals surface area contributed by atoms with E-state index in [0.717, 1.165) is 32.1 Å². The zero-order valence-electron chi connectivity index (χ0n) is 17.6. The molecule has 1 saturated heterocycles. The van der Waals surface area contributed by atoms with Crippen LogP contribution in [0.15, 0.2) is 30.3 Å². The molecule has 0 N–H and O–H groups in total. The largest absolute Gasteiger partial charge is 0.433 e. The van der Waals surface area contributed by atoms with Crippen molar-refractivity contribution in [2.24, 2.45) is 11.8 Å². The zero-order chi connectivity index (χ0) is 20.2. The number of ether oxygens (including phenoxy) is 4. The highest BCUT2D eigenvalue weighted by atomic mass is 16.7. The molecular formula is C23H34O5. The molecule has 0 unspecified atom stereocenters. The van der Waals surface area contributed by atoms with Crippen LogP contribution in [0.2, 0.25) is 0 Å². The third-order valence-corrected chi connectivity index (χ3v) is 6.15. The van der Waals surface area contributed by atoms with E-state index in [2.05, 4.69) is 26.0 Å². The SMILES string of the molecule is CO[C@@H](OC(C)=O)[C@@]12OC(C)(C)C[C@H]1CCC[C@H]2CCOCc1ccccc1. The van der Waals surface area contributed by atoms with Crippen molar-refractivity contribution in [3.63, 3.8) is 0 Å². The first-order valence-corrected chi connectivity index (χ1v) is 10.4. The van der Waals surface area contributed by atoms with Gasteiger partial charge in [0.05, 0.1) is 12.2 Å². The molecular weight excluding hydrogens is 356 g/mol. The zero-order valence-corrected chi connectivity index (χ0v) is 17.6. The summed E-state index contributed by atoms with van der Waals surface area (Å²) in [7, 11) is 1.60. The van der Waals surface area contributed by atoms with E-state index in [9.17, 15) is 4.79 Å². The topological polar surface area (TPSA) is 54.0 Å². The maximum atomic E-state index is 11.7. The van der Waals surface area contributed by atoms with Gasteiger partial charge in [-0.1, -0.05) is 36.8 Å². The van der Waals surface area contributed by atoms with Gasteiger partial charge < -0.3 is 18.9 Å². The lowest BCUT2D eigenvalue weighted by atomic mass is 9.66. The lowest BCUT2D eigenvalue weighted by molar-refractivity contribution is -0.277. The monoisotopic (exact) mass is 390 g/mol. The summed E-state index contributed by atoms with van der Waals surface area (Å²) in [6, 6.07) is 10.2. The van der Waals surface area contributed by atoms with E-state index in [1.54, 1.807) is 7.11 Å². The van der Waals surface area contributed by atoms with Crippen LogP contribution in [-0.4, -0.2) is 37.2 Å². The van der Waals surface area contributed by atoms with Gasteiger partial charge in [-0.15, -0.1) is 0 Å². The number of carbonyl (C=O) groups excluding carboxylic acids is 1. The minimum Gasteiger partial charge on any atom is -0.433 e. The standard InChI is InChI=1S/C23H34O5/c1-17(24)27-21(25-4)23-19(11-8-12-20(23)15-22(2,3)28-23)13-14-26-16-18-9-6-5-7-10-18/h5-7,9-10,19-21H,8,11-16H2,1-4H3/t19-,20+,21-,23-/m0/s1. The van der Waals surface area contributed by atoms with Crippen LogP contribution in [-0.2, 0) is 30.3 Å². The van der Waals surface area contributed by atoms with Crippen molar-refractivity contribution in [1.82, 2.24) is 0 Å². The van der Waals surface area contributed by atoms with E-state index in [-0.39, 0.29) is 17.5 Å². The average Bonchev–Trinajstić information content (AvgIpc) is 2.95. The third kappa shape index (κ3) is 4.58. The quantitative estimate of drug-likeness (QED) is 0.372. The van der Waals surface area contributed by atoms with Gasteiger partial charge in [0.1, 0.15) is 5.60 Å². The summed E-state index contributed by atoms with van der Waals surface area (Å²) < 4.78 is 23.9. The Labute approximate surface area is 168 Å². The van der Waals surface area contributed by atoms with Crippen molar-refractivity contribution in [2.45, 2.75) is 77.0 Å². The van der Waals surface area contributed by atoms with Crippen LogP contribution >= 0.6 is 0 Å². The first-order valence-electron chi connectivity index (χ1n) is 10.4. The Bertz CT molecular complexity index is 644. The fourth-order valence-corrected chi connectivity index (χ4v) is 5.20. The summed E-state index contributed by atoms with van der Waals surface area (Å²) in [6.07, 6.45) is 4.40. The second kappa shape index (κ2) is 8.93. The molecule has 28 heavy (non-hydrogen) atoms. The lowest BCUT2D eigenvalue weighted by Crippen LogP contribution is -2.58. The molecule has 5 nitrogen and oxygen atoms in total. The maximum absolute atomic E-state index is 11.7. The average molecular weight is 391 g/mol. The van der Waals surface area contributed by atoms with E-state index in [0.29, 0.717) is 19.1 Å². The molecule has 156 valence electrons. The number of rotatable bonds is 8. The normalized spacial score (nSPS) is 29.9. The Morgan fingerprint density at radius 3 is 2.68 bits per heavy atom. The number of benzene rings is 1. The molecule has 0 spiro atoms. The Kier molecular flexibility index (Phi) is 6.79. The summed E-state index contributed by atoms with van der Waals surface area (Å²) in [6.45, 7) is 6.92. The third-order valence-electron chi connectivity index (χ3n) is 6.15. The summed E-state index contributed by atoms with van der Waals surface area (Å²) in [5.74, 6) is 0.214. The molecule has 5 heteroatoms. The van der Waals surface area contributed by atoms with Gasteiger partial charge in [-0.05, 0) is 56.9 Å². The summed E-state index contributed by atoms with van der Waals surface area (Å²) in [5.41, 5.74) is 0.319. The van der Waals surface area contributed by atoms with Gasteiger partial charge in [0.25, 0.3) is 0 Å². The van der Waals surface area contributed by atoms with Crippen LogP contribution in [0.3, 0.4) is 0 Å². The molecule has 0 amide bonds. The summed E-state index contributed by atoms with van der Waals surface area (Å²) in [4.78, 5) is 11.7. The van der Waals surface area contributed by atoms with Gasteiger partial charge in [0.15, 0.2) is 0 Å². The lowest BCUT2D eigenvalue weighted by Gasteiger charge is -2.48. The summed E-state index contributed by atoms with van der Waals surface area (Å²) in [5, 5.41) is 0. The molecule has 0 radical (unpaired) electrons.